The van der Waals surface area contributed by atoms with Crippen LogP contribution in [0.25, 0.3) is 0 Å². The second-order valence-corrected chi connectivity index (χ2v) is 1.87. The minimum absolute atomic E-state index is 0. The van der Waals surface area contributed by atoms with E-state index in [1.54, 1.807) is 6.08 Å². The monoisotopic (exact) mass is 224 g/mol. The van der Waals surface area contributed by atoms with E-state index in [-0.39, 0.29) is 24.4 Å². The lowest BCUT2D eigenvalue weighted by atomic mass is 10.4. The Labute approximate surface area is 93.8 Å². The average molecular weight is 224 g/mol. The molecule has 0 rings (SSSR count). The van der Waals surface area contributed by atoms with Gasteiger partial charge in [0.15, 0.2) is 0 Å². The zero-order chi connectivity index (χ0) is 9.11. The molecular formula is C9H24N2O2S. The Balaban J connectivity index is -0.0000000405. The fourth-order valence-electron chi connectivity index (χ4n) is 0.268. The Hall–Kier alpha value is -0.750. The van der Waals surface area contributed by atoms with Gasteiger partial charge in [-0.25, -0.2) is 0 Å². The Kier molecular flexibility index (Phi) is 61.5. The third-order valence-corrected chi connectivity index (χ3v) is 0.755. The smallest absolute Gasteiger partial charge is 0.0264 e. The van der Waals surface area contributed by atoms with Crippen LogP contribution in [-0.4, -0.2) is 32.1 Å². The Morgan fingerprint density at radius 3 is 1.71 bits per heavy atom. The molecule has 0 aromatic rings. The molecule has 0 atom stereocenters. The molecule has 0 spiro atoms. The molecule has 0 amide bonds. The van der Waals surface area contributed by atoms with Gasteiger partial charge in [-0.15, -0.1) is 0 Å². The predicted octanol–water partition coefficient (Wildman–Crippen LogP) is -0.239. The molecule has 0 aliphatic heterocycles. The van der Waals surface area contributed by atoms with Gasteiger partial charge in [0.2, 0.25) is 0 Å². The lowest BCUT2D eigenvalue weighted by Crippen LogP contribution is -1.99. The highest BCUT2D eigenvalue weighted by atomic mass is 32.1. The lowest BCUT2D eigenvalue weighted by Gasteiger charge is -1.92. The van der Waals surface area contributed by atoms with Gasteiger partial charge >= 0.3 is 0 Å². The van der Waals surface area contributed by atoms with E-state index in [1.165, 1.54) is 0 Å². The van der Waals surface area contributed by atoms with Crippen LogP contribution >= 0.6 is 13.5 Å². The van der Waals surface area contributed by atoms with E-state index in [1.807, 2.05) is 33.3 Å². The maximum absolute atomic E-state index is 3.66. The summed E-state index contributed by atoms with van der Waals surface area (Å²) in [6, 6.07) is 0. The number of hydrogen-bond acceptors (Lipinski definition) is 2. The molecule has 0 saturated carbocycles. The van der Waals surface area contributed by atoms with Crippen LogP contribution in [0.3, 0.4) is 0 Å². The zero-order valence-electron chi connectivity index (χ0n) is 9.15. The van der Waals surface area contributed by atoms with Crippen LogP contribution in [0.1, 0.15) is 0 Å². The first-order valence-electron chi connectivity index (χ1n) is 3.47. The molecule has 6 N–H and O–H groups in total. The highest BCUT2D eigenvalue weighted by Gasteiger charge is 1.72. The van der Waals surface area contributed by atoms with Gasteiger partial charge in [0.25, 0.3) is 0 Å². The van der Waals surface area contributed by atoms with E-state index in [2.05, 4.69) is 23.8 Å². The molecule has 0 radical (unpaired) electrons. The second-order valence-electron chi connectivity index (χ2n) is 1.87. The summed E-state index contributed by atoms with van der Waals surface area (Å²) in [5.74, 6) is 0. The van der Waals surface area contributed by atoms with Gasteiger partial charge < -0.3 is 21.6 Å². The van der Waals surface area contributed by atoms with Crippen molar-refractivity contribution in [1.82, 2.24) is 10.6 Å². The fraction of sp³-hybridized carbons (Fsp3) is 0.333. The number of allylic oxidation sites excluding steroid dienone is 3. The van der Waals surface area contributed by atoms with Gasteiger partial charge in [-0.3, -0.25) is 0 Å². The quantitative estimate of drug-likeness (QED) is 0.648. The van der Waals surface area contributed by atoms with Crippen molar-refractivity contribution in [3.8, 4) is 0 Å². The predicted molar refractivity (Wildman–Crippen MR) is 70.1 cm³/mol. The molecule has 14 heavy (non-hydrogen) atoms. The number of likely N-dealkylation sites (N-methyl/N-ethyl adjacent to an activating group) is 1. The molecule has 0 aromatic heterocycles. The van der Waals surface area contributed by atoms with Crippen molar-refractivity contribution in [3.05, 3.63) is 37.1 Å². The van der Waals surface area contributed by atoms with Crippen LogP contribution in [0.2, 0.25) is 0 Å². The van der Waals surface area contributed by atoms with Crippen LogP contribution in [-0.2, 0) is 0 Å². The topological polar surface area (TPSA) is 87.1 Å². The first-order chi connectivity index (χ1) is 5.22. The van der Waals surface area contributed by atoms with Gasteiger partial charge in [0.05, 0.1) is 0 Å². The minimum atomic E-state index is 0. The number of hydrogen-bond donors (Lipinski definition) is 2. The highest BCUT2D eigenvalue weighted by molar-refractivity contribution is 7.59. The van der Waals surface area contributed by atoms with E-state index in [0.29, 0.717) is 0 Å². The van der Waals surface area contributed by atoms with Crippen molar-refractivity contribution in [1.29, 1.82) is 0 Å². The maximum atomic E-state index is 3.66. The Bertz CT molecular complexity index is 139. The van der Waals surface area contributed by atoms with Crippen molar-refractivity contribution in [2.75, 3.05) is 21.1 Å². The normalized spacial score (nSPS) is 6.50. The summed E-state index contributed by atoms with van der Waals surface area (Å²) in [7, 11) is 5.58. The summed E-state index contributed by atoms with van der Waals surface area (Å²) < 4.78 is 0. The molecule has 0 fully saturated rings. The van der Waals surface area contributed by atoms with E-state index in [9.17, 15) is 0 Å². The standard InChI is InChI=1S/C7H11N.C2H7N.2H2O.H2S/c1-4-5-6-7(2)8-3;1-3-2;;;/h4-6,8H,1-2H2,3H3;3H,1-2H3;3*1H2/b6-5-;;;;. The fourth-order valence-corrected chi connectivity index (χ4v) is 0.268. The first-order valence-corrected chi connectivity index (χ1v) is 3.47. The Morgan fingerprint density at radius 2 is 1.50 bits per heavy atom. The summed E-state index contributed by atoms with van der Waals surface area (Å²) in [5, 5.41) is 5.62. The van der Waals surface area contributed by atoms with Gasteiger partial charge in [-0.1, -0.05) is 25.3 Å². The SMILES string of the molecule is C=C/C=C\C(=C)NC.CNC.O.O.S. The molecule has 0 saturated heterocycles. The minimum Gasteiger partial charge on any atom is -0.412 e. The largest absolute Gasteiger partial charge is 0.412 e. The van der Waals surface area contributed by atoms with Crippen LogP contribution in [0.15, 0.2) is 37.1 Å². The van der Waals surface area contributed by atoms with Crippen molar-refractivity contribution in [2.45, 2.75) is 0 Å². The van der Waals surface area contributed by atoms with Crippen LogP contribution < -0.4 is 10.6 Å². The van der Waals surface area contributed by atoms with Gasteiger partial charge in [0.1, 0.15) is 0 Å². The maximum Gasteiger partial charge on any atom is 0.0264 e. The summed E-state index contributed by atoms with van der Waals surface area (Å²) in [6.07, 6.45) is 5.40. The molecule has 0 unspecified atom stereocenters. The van der Waals surface area contributed by atoms with E-state index in [0.717, 1.165) is 5.70 Å². The molecule has 0 aromatic carbocycles. The van der Waals surface area contributed by atoms with Crippen molar-refractivity contribution < 1.29 is 11.0 Å². The summed E-state index contributed by atoms with van der Waals surface area (Å²) in [4.78, 5) is 0. The first kappa shape index (κ1) is 29.2. The number of rotatable bonds is 3. The average Bonchev–Trinajstić information content (AvgIpc) is 2.02. The summed E-state index contributed by atoms with van der Waals surface area (Å²) >= 11 is 0. The van der Waals surface area contributed by atoms with E-state index < -0.39 is 0 Å². The van der Waals surface area contributed by atoms with E-state index >= 15 is 0 Å². The summed E-state index contributed by atoms with van der Waals surface area (Å²) in [6.45, 7) is 7.18. The van der Waals surface area contributed by atoms with E-state index in [4.69, 9.17) is 0 Å². The van der Waals surface area contributed by atoms with Crippen LogP contribution in [0, 0.1) is 0 Å². The van der Waals surface area contributed by atoms with Gasteiger partial charge in [-0.05, 0) is 20.2 Å². The highest BCUT2D eigenvalue weighted by Crippen LogP contribution is 1.83. The third-order valence-electron chi connectivity index (χ3n) is 0.755. The molecular weight excluding hydrogens is 200 g/mol. The Morgan fingerprint density at radius 1 is 1.14 bits per heavy atom. The molecule has 5 heteroatoms. The van der Waals surface area contributed by atoms with Crippen LogP contribution in [0.5, 0.6) is 0 Å². The number of nitrogens with one attached hydrogen (secondary N) is 2. The van der Waals surface area contributed by atoms with Crippen molar-refractivity contribution in [2.24, 2.45) is 0 Å². The molecule has 88 valence electrons. The van der Waals surface area contributed by atoms with Crippen molar-refractivity contribution in [3.63, 3.8) is 0 Å². The molecule has 0 heterocycles. The zero-order valence-corrected chi connectivity index (χ0v) is 10.1. The molecule has 4 nitrogen and oxygen atoms in total. The van der Waals surface area contributed by atoms with Crippen molar-refractivity contribution >= 4 is 13.5 Å². The third kappa shape index (κ3) is 42.9. The summed E-state index contributed by atoms with van der Waals surface area (Å²) in [5.41, 5.74) is 0.893. The van der Waals surface area contributed by atoms with Gasteiger partial charge in [-0.2, -0.15) is 13.5 Å². The van der Waals surface area contributed by atoms with Crippen LogP contribution in [0.4, 0.5) is 0 Å². The van der Waals surface area contributed by atoms with Gasteiger partial charge in [0, 0.05) is 12.7 Å². The molecule has 0 aliphatic carbocycles. The second kappa shape index (κ2) is 29.5. The molecule has 0 aliphatic rings. The molecule has 0 bridgehead atoms. The lowest BCUT2D eigenvalue weighted by molar-refractivity contribution is 0.823.